The molecule has 1 atom stereocenters. The predicted molar refractivity (Wildman–Crippen MR) is 108 cm³/mol. The third-order valence-corrected chi connectivity index (χ3v) is 5.71. The average molecular weight is 459 g/mol. The number of carbonyl (C=O) groups excluding carboxylic acids is 1. The number of halogens is 4. The Labute approximate surface area is 177 Å². The Hall–Kier alpha value is -2.66. The quantitative estimate of drug-likeness (QED) is 0.682. The topological polar surface area (TPSA) is 78.5 Å². The minimum absolute atomic E-state index is 0.200. The number of nitrogens with one attached hydrogen (secondary N) is 2. The molecule has 11 heteroatoms. The molecule has 2 aromatic rings. The molecule has 1 aliphatic rings. The van der Waals surface area contributed by atoms with Gasteiger partial charge in [0.25, 0.3) is 0 Å². The standard InChI is InChI=1S/C20H21F4N3O3S/c1-31(29,30)26-12-4-3-10-27(11-9-12)20(28)25-16-8-7-15(23)19(24)18(16)17-13(21)5-2-6-14(17)22/h2,5-8,12,26H,3-4,9-11H2,1H3,(H,25,28)/t12-/m0/s1. The van der Waals surface area contributed by atoms with E-state index in [0.717, 1.165) is 36.6 Å². The van der Waals surface area contributed by atoms with Crippen LogP contribution >= 0.6 is 0 Å². The Bertz CT molecular complexity index is 1080. The predicted octanol–water partition coefficient (Wildman–Crippen LogP) is 3.85. The fraction of sp³-hybridized carbons (Fsp3) is 0.350. The van der Waals surface area contributed by atoms with E-state index in [1.54, 1.807) is 0 Å². The van der Waals surface area contributed by atoms with E-state index >= 15 is 0 Å². The van der Waals surface area contributed by atoms with Crippen molar-refractivity contribution in [1.82, 2.24) is 9.62 Å². The van der Waals surface area contributed by atoms with Crippen LogP contribution in [0.15, 0.2) is 30.3 Å². The van der Waals surface area contributed by atoms with E-state index in [2.05, 4.69) is 10.0 Å². The fourth-order valence-corrected chi connectivity index (χ4v) is 4.39. The van der Waals surface area contributed by atoms with Gasteiger partial charge in [0, 0.05) is 19.1 Å². The van der Waals surface area contributed by atoms with E-state index in [9.17, 15) is 30.8 Å². The molecule has 1 aliphatic heterocycles. The number of anilines is 1. The molecule has 2 amide bonds. The van der Waals surface area contributed by atoms with Crippen molar-refractivity contribution in [3.05, 3.63) is 53.6 Å². The van der Waals surface area contributed by atoms with E-state index in [4.69, 9.17) is 0 Å². The Morgan fingerprint density at radius 1 is 0.968 bits per heavy atom. The van der Waals surface area contributed by atoms with Gasteiger partial charge in [0.05, 0.1) is 23.1 Å². The van der Waals surface area contributed by atoms with Crippen LogP contribution in [0.1, 0.15) is 19.3 Å². The highest BCUT2D eigenvalue weighted by Crippen LogP contribution is 2.36. The van der Waals surface area contributed by atoms with E-state index in [1.165, 1.54) is 4.90 Å². The molecule has 2 N–H and O–H groups in total. The van der Waals surface area contributed by atoms with Gasteiger partial charge in [0.15, 0.2) is 11.6 Å². The minimum atomic E-state index is -3.40. The molecule has 0 aliphatic carbocycles. The molecule has 1 saturated heterocycles. The van der Waals surface area contributed by atoms with Gasteiger partial charge in [-0.05, 0) is 43.5 Å². The SMILES string of the molecule is CS(=O)(=O)N[C@H]1CCCN(C(=O)Nc2ccc(F)c(F)c2-c2c(F)cccc2F)CC1. The first-order valence-electron chi connectivity index (χ1n) is 9.52. The normalized spacial score (nSPS) is 17.3. The van der Waals surface area contributed by atoms with Crippen LogP contribution in [0.4, 0.5) is 28.0 Å². The lowest BCUT2D eigenvalue weighted by molar-refractivity contribution is 0.213. The molecule has 0 bridgehead atoms. The van der Waals surface area contributed by atoms with Crippen LogP contribution in [0.25, 0.3) is 11.1 Å². The van der Waals surface area contributed by atoms with Gasteiger partial charge in [-0.3, -0.25) is 0 Å². The molecular weight excluding hydrogens is 438 g/mol. The zero-order valence-electron chi connectivity index (χ0n) is 16.6. The minimum Gasteiger partial charge on any atom is -0.324 e. The number of urea groups is 1. The second kappa shape index (κ2) is 9.23. The molecule has 2 aromatic carbocycles. The lowest BCUT2D eigenvalue weighted by Crippen LogP contribution is -2.38. The van der Waals surface area contributed by atoms with Gasteiger partial charge in [-0.2, -0.15) is 0 Å². The van der Waals surface area contributed by atoms with Crippen molar-refractivity contribution < 1.29 is 30.8 Å². The van der Waals surface area contributed by atoms with Crippen molar-refractivity contribution in [2.24, 2.45) is 0 Å². The number of hydrogen-bond donors (Lipinski definition) is 2. The molecule has 1 fully saturated rings. The molecule has 1 heterocycles. The average Bonchev–Trinajstić information content (AvgIpc) is 2.90. The Morgan fingerprint density at radius 2 is 1.65 bits per heavy atom. The van der Waals surface area contributed by atoms with Crippen molar-refractivity contribution in [3.63, 3.8) is 0 Å². The number of rotatable bonds is 4. The molecule has 0 aromatic heterocycles. The Morgan fingerprint density at radius 3 is 2.29 bits per heavy atom. The summed E-state index contributed by atoms with van der Waals surface area (Å²) in [7, 11) is -3.40. The van der Waals surface area contributed by atoms with Gasteiger partial charge in [0.1, 0.15) is 11.6 Å². The summed E-state index contributed by atoms with van der Waals surface area (Å²) in [5, 5.41) is 2.40. The molecule has 6 nitrogen and oxygen atoms in total. The third kappa shape index (κ3) is 5.53. The molecule has 0 unspecified atom stereocenters. The first kappa shape index (κ1) is 23.0. The number of likely N-dealkylation sites (tertiary alicyclic amines) is 1. The summed E-state index contributed by atoms with van der Waals surface area (Å²) in [5.41, 5.74) is -1.80. The highest BCUT2D eigenvalue weighted by atomic mass is 32.2. The summed E-state index contributed by atoms with van der Waals surface area (Å²) < 4.78 is 82.2. The Kier molecular flexibility index (Phi) is 6.85. The molecule has 0 spiro atoms. The number of amides is 2. The van der Waals surface area contributed by atoms with E-state index in [1.807, 2.05) is 0 Å². The summed E-state index contributed by atoms with van der Waals surface area (Å²) in [6.07, 6.45) is 2.43. The highest BCUT2D eigenvalue weighted by molar-refractivity contribution is 7.88. The van der Waals surface area contributed by atoms with Crippen LogP contribution in [0.2, 0.25) is 0 Å². The van der Waals surface area contributed by atoms with Crippen LogP contribution in [-0.2, 0) is 10.0 Å². The fourth-order valence-electron chi connectivity index (χ4n) is 3.55. The van der Waals surface area contributed by atoms with Crippen molar-refractivity contribution in [2.75, 3.05) is 24.7 Å². The van der Waals surface area contributed by atoms with Crippen molar-refractivity contribution >= 4 is 21.7 Å². The summed E-state index contributed by atoms with van der Waals surface area (Å²) in [6, 6.07) is 3.66. The molecule has 168 valence electrons. The van der Waals surface area contributed by atoms with Gasteiger partial charge < -0.3 is 10.2 Å². The molecule has 31 heavy (non-hydrogen) atoms. The maximum atomic E-state index is 14.5. The van der Waals surface area contributed by atoms with Crippen LogP contribution < -0.4 is 10.0 Å². The molecule has 0 radical (unpaired) electrons. The van der Waals surface area contributed by atoms with Gasteiger partial charge in [-0.1, -0.05) is 6.07 Å². The third-order valence-electron chi connectivity index (χ3n) is 4.95. The largest absolute Gasteiger partial charge is 0.324 e. The smallest absolute Gasteiger partial charge is 0.321 e. The number of nitrogens with zero attached hydrogens (tertiary/aromatic N) is 1. The molecule has 0 saturated carbocycles. The van der Waals surface area contributed by atoms with Crippen molar-refractivity contribution in [2.45, 2.75) is 25.3 Å². The lowest BCUT2D eigenvalue weighted by Gasteiger charge is -2.22. The maximum absolute atomic E-state index is 14.5. The number of hydrogen-bond acceptors (Lipinski definition) is 3. The summed E-state index contributed by atoms with van der Waals surface area (Å²) in [6.45, 7) is 0.493. The first-order chi connectivity index (χ1) is 14.6. The molecular formula is C20H21F4N3O3S. The van der Waals surface area contributed by atoms with Gasteiger partial charge in [0.2, 0.25) is 10.0 Å². The van der Waals surface area contributed by atoms with E-state index < -0.39 is 50.5 Å². The molecule has 3 rings (SSSR count). The first-order valence-corrected chi connectivity index (χ1v) is 11.4. The lowest BCUT2D eigenvalue weighted by atomic mass is 10.0. The Balaban J connectivity index is 1.85. The van der Waals surface area contributed by atoms with Gasteiger partial charge in [-0.25, -0.2) is 35.5 Å². The number of carbonyl (C=O) groups is 1. The summed E-state index contributed by atoms with van der Waals surface area (Å²) in [5.74, 6) is -5.02. The van der Waals surface area contributed by atoms with Crippen molar-refractivity contribution in [3.8, 4) is 11.1 Å². The van der Waals surface area contributed by atoms with Crippen LogP contribution in [0.5, 0.6) is 0 Å². The highest BCUT2D eigenvalue weighted by Gasteiger charge is 2.26. The maximum Gasteiger partial charge on any atom is 0.321 e. The van der Waals surface area contributed by atoms with Crippen LogP contribution in [0, 0.1) is 23.3 Å². The van der Waals surface area contributed by atoms with E-state index in [-0.39, 0.29) is 18.3 Å². The number of sulfonamides is 1. The zero-order chi connectivity index (χ0) is 22.8. The van der Waals surface area contributed by atoms with Crippen molar-refractivity contribution in [1.29, 1.82) is 0 Å². The van der Waals surface area contributed by atoms with Crippen LogP contribution in [0.3, 0.4) is 0 Å². The van der Waals surface area contributed by atoms with Gasteiger partial charge in [-0.15, -0.1) is 0 Å². The zero-order valence-corrected chi connectivity index (χ0v) is 17.4. The number of benzene rings is 2. The monoisotopic (exact) mass is 459 g/mol. The van der Waals surface area contributed by atoms with Crippen LogP contribution in [-0.4, -0.2) is 44.7 Å². The second-order valence-electron chi connectivity index (χ2n) is 7.32. The van der Waals surface area contributed by atoms with E-state index in [0.29, 0.717) is 25.8 Å². The summed E-state index contributed by atoms with van der Waals surface area (Å²) >= 11 is 0. The second-order valence-corrected chi connectivity index (χ2v) is 9.10. The van der Waals surface area contributed by atoms with Gasteiger partial charge >= 0.3 is 6.03 Å². The summed E-state index contributed by atoms with van der Waals surface area (Å²) in [4.78, 5) is 14.1.